The number of carbonyl (C=O) groups is 2. The lowest BCUT2D eigenvalue weighted by atomic mass is 10.1. The molecule has 1 atom stereocenters. The summed E-state index contributed by atoms with van der Waals surface area (Å²) < 4.78 is 5.02. The van der Waals surface area contributed by atoms with E-state index in [-0.39, 0.29) is 6.42 Å². The van der Waals surface area contributed by atoms with Crippen molar-refractivity contribution in [3.05, 3.63) is 44.0 Å². The van der Waals surface area contributed by atoms with E-state index in [2.05, 4.69) is 9.97 Å². The van der Waals surface area contributed by atoms with Gasteiger partial charge in [-0.2, -0.15) is 16.6 Å². The van der Waals surface area contributed by atoms with Crippen LogP contribution in [0.1, 0.15) is 22.3 Å². The van der Waals surface area contributed by atoms with Crippen LogP contribution in [0.25, 0.3) is 10.6 Å². The van der Waals surface area contributed by atoms with Crippen LogP contribution in [-0.2, 0) is 20.7 Å². The van der Waals surface area contributed by atoms with Gasteiger partial charge in [0.1, 0.15) is 10.0 Å². The van der Waals surface area contributed by atoms with E-state index in [4.69, 9.17) is 4.74 Å². The third-order valence-electron chi connectivity index (χ3n) is 3.36. The summed E-state index contributed by atoms with van der Waals surface area (Å²) in [6.07, 6.45) is -0.0124. The van der Waals surface area contributed by atoms with E-state index in [1.165, 1.54) is 22.7 Å². The van der Waals surface area contributed by atoms with Crippen LogP contribution in [0.15, 0.2) is 27.6 Å². The molecule has 0 spiro atoms. The number of thiophene rings is 1. The highest BCUT2D eigenvalue weighted by Gasteiger charge is 2.24. The van der Waals surface area contributed by atoms with Crippen molar-refractivity contribution in [2.24, 2.45) is 0 Å². The number of aromatic nitrogens is 2. The summed E-state index contributed by atoms with van der Waals surface area (Å²) in [5.74, 6) is -2.04. The SMILES string of the molecule is Cc1csc([C@H](C#N)C(=O)COC(=O)Cc2csc(-c3ccsc3)n2)n1. The summed E-state index contributed by atoms with van der Waals surface area (Å²) in [7, 11) is 0. The fourth-order valence-corrected chi connectivity index (χ4v) is 4.50. The first-order valence-corrected chi connectivity index (χ1v) is 10.2. The van der Waals surface area contributed by atoms with Gasteiger partial charge in [-0.3, -0.25) is 9.59 Å². The molecule has 0 aliphatic heterocycles. The van der Waals surface area contributed by atoms with Crippen LogP contribution in [0.5, 0.6) is 0 Å². The van der Waals surface area contributed by atoms with Crippen LogP contribution in [0, 0.1) is 18.3 Å². The predicted octanol–water partition coefficient (Wildman–Crippen LogP) is 3.60. The van der Waals surface area contributed by atoms with Crippen LogP contribution in [0.3, 0.4) is 0 Å². The minimum Gasteiger partial charge on any atom is -0.457 e. The highest BCUT2D eigenvalue weighted by molar-refractivity contribution is 7.14. The molecule has 3 aromatic rings. The van der Waals surface area contributed by atoms with E-state index < -0.39 is 24.3 Å². The Bertz CT molecular complexity index is 953. The highest BCUT2D eigenvalue weighted by atomic mass is 32.1. The zero-order valence-corrected chi connectivity index (χ0v) is 16.1. The van der Waals surface area contributed by atoms with Gasteiger partial charge in [0.05, 0.1) is 18.2 Å². The number of ketones is 1. The molecule has 0 radical (unpaired) electrons. The molecule has 0 unspecified atom stereocenters. The number of hydrogen-bond donors (Lipinski definition) is 0. The van der Waals surface area contributed by atoms with Gasteiger partial charge < -0.3 is 4.74 Å². The minimum atomic E-state index is -1.01. The summed E-state index contributed by atoms with van der Waals surface area (Å²) in [5, 5.41) is 18.0. The van der Waals surface area contributed by atoms with Gasteiger partial charge >= 0.3 is 5.97 Å². The number of esters is 1. The Kier molecular flexibility index (Phi) is 5.88. The average Bonchev–Trinajstić information content (AvgIpc) is 3.35. The van der Waals surface area contributed by atoms with Crippen molar-refractivity contribution in [3.63, 3.8) is 0 Å². The number of ether oxygens (including phenoxy) is 1. The Morgan fingerprint density at radius 2 is 2.12 bits per heavy atom. The van der Waals surface area contributed by atoms with Gasteiger partial charge in [0, 0.05) is 27.4 Å². The van der Waals surface area contributed by atoms with E-state index in [0.717, 1.165) is 16.3 Å². The molecular formula is C17H13N3O3S3. The fraction of sp³-hybridized carbons (Fsp3) is 0.235. The molecule has 0 amide bonds. The molecule has 6 nitrogen and oxygen atoms in total. The standard InChI is InChI=1S/C17H13N3O3S3/c1-10-7-25-17(19-10)13(5-18)14(21)6-23-15(22)4-12-9-26-16(20-12)11-2-3-24-8-11/h2-3,7-9,13H,4,6H2,1H3/t13-/m1/s1. The maximum Gasteiger partial charge on any atom is 0.312 e. The summed E-state index contributed by atoms with van der Waals surface area (Å²) in [6, 6.07) is 3.89. The van der Waals surface area contributed by atoms with Crippen molar-refractivity contribution in [1.82, 2.24) is 9.97 Å². The zero-order chi connectivity index (χ0) is 18.5. The number of aryl methyl sites for hydroxylation is 1. The molecule has 132 valence electrons. The molecule has 0 bridgehead atoms. The van der Waals surface area contributed by atoms with Crippen LogP contribution in [0.4, 0.5) is 0 Å². The Labute approximate surface area is 161 Å². The van der Waals surface area contributed by atoms with Crippen LogP contribution >= 0.6 is 34.0 Å². The van der Waals surface area contributed by atoms with E-state index in [0.29, 0.717) is 10.7 Å². The van der Waals surface area contributed by atoms with Gasteiger partial charge in [0.15, 0.2) is 18.3 Å². The number of thiazole rings is 2. The molecular weight excluding hydrogens is 390 g/mol. The molecule has 0 aromatic carbocycles. The summed E-state index contributed by atoms with van der Waals surface area (Å²) in [5.41, 5.74) is 2.37. The van der Waals surface area contributed by atoms with Gasteiger partial charge in [-0.25, -0.2) is 9.97 Å². The predicted molar refractivity (Wildman–Crippen MR) is 100 cm³/mol. The van der Waals surface area contributed by atoms with E-state index in [1.54, 1.807) is 29.0 Å². The third kappa shape index (κ3) is 4.40. The van der Waals surface area contributed by atoms with Crippen LogP contribution in [-0.4, -0.2) is 28.3 Å². The van der Waals surface area contributed by atoms with Gasteiger partial charge in [0.2, 0.25) is 0 Å². The van der Waals surface area contributed by atoms with Gasteiger partial charge in [-0.15, -0.1) is 22.7 Å². The monoisotopic (exact) mass is 403 g/mol. The lowest BCUT2D eigenvalue weighted by Gasteiger charge is -2.06. The number of hydrogen-bond acceptors (Lipinski definition) is 9. The average molecular weight is 404 g/mol. The summed E-state index contributed by atoms with van der Waals surface area (Å²) in [6.45, 7) is 1.34. The Hall–Kier alpha value is -2.41. The smallest absolute Gasteiger partial charge is 0.312 e. The molecule has 3 rings (SSSR count). The molecule has 3 aromatic heterocycles. The van der Waals surface area contributed by atoms with E-state index >= 15 is 0 Å². The first-order valence-electron chi connectivity index (χ1n) is 7.53. The molecule has 0 saturated carbocycles. The topological polar surface area (TPSA) is 92.9 Å². The van der Waals surface area contributed by atoms with E-state index in [9.17, 15) is 14.9 Å². The van der Waals surface area contributed by atoms with Crippen molar-refractivity contribution in [1.29, 1.82) is 5.26 Å². The Balaban J connectivity index is 1.54. The van der Waals surface area contributed by atoms with Crippen molar-refractivity contribution in [2.45, 2.75) is 19.3 Å². The number of rotatable bonds is 7. The third-order valence-corrected chi connectivity index (χ3v) is 6.01. The molecule has 9 heteroatoms. The Morgan fingerprint density at radius 1 is 1.27 bits per heavy atom. The molecule has 26 heavy (non-hydrogen) atoms. The number of carbonyl (C=O) groups excluding carboxylic acids is 2. The molecule has 0 saturated heterocycles. The second kappa shape index (κ2) is 8.31. The molecule has 3 heterocycles. The summed E-state index contributed by atoms with van der Waals surface area (Å²) in [4.78, 5) is 32.7. The van der Waals surface area contributed by atoms with Crippen molar-refractivity contribution >= 4 is 45.8 Å². The second-order valence-corrected chi connectivity index (χ2v) is 7.88. The number of nitrogens with zero attached hydrogens (tertiary/aromatic N) is 3. The Morgan fingerprint density at radius 3 is 2.77 bits per heavy atom. The van der Waals surface area contributed by atoms with Crippen molar-refractivity contribution < 1.29 is 14.3 Å². The van der Waals surface area contributed by atoms with E-state index in [1.807, 2.05) is 22.9 Å². The van der Waals surface area contributed by atoms with Crippen molar-refractivity contribution in [2.75, 3.05) is 6.61 Å². The molecule has 0 fully saturated rings. The number of nitriles is 1. The quantitative estimate of drug-likeness (QED) is 0.560. The fourth-order valence-electron chi connectivity index (χ4n) is 2.11. The lowest BCUT2D eigenvalue weighted by molar-refractivity contribution is -0.147. The van der Waals surface area contributed by atoms with Crippen LogP contribution in [0.2, 0.25) is 0 Å². The molecule has 0 aliphatic carbocycles. The zero-order valence-electron chi connectivity index (χ0n) is 13.7. The van der Waals surface area contributed by atoms with Gasteiger partial charge in [-0.05, 0) is 18.4 Å². The van der Waals surface area contributed by atoms with Crippen molar-refractivity contribution in [3.8, 4) is 16.6 Å². The minimum absolute atomic E-state index is 0.0124. The molecule has 0 N–H and O–H groups in total. The van der Waals surface area contributed by atoms with Crippen LogP contribution < -0.4 is 0 Å². The maximum absolute atomic E-state index is 12.2. The number of Topliss-reactive ketones (excluding diaryl/α,β-unsaturated/α-hetero) is 1. The molecule has 0 aliphatic rings. The van der Waals surface area contributed by atoms with Gasteiger partial charge in [0.25, 0.3) is 0 Å². The summed E-state index contributed by atoms with van der Waals surface area (Å²) >= 11 is 4.28. The maximum atomic E-state index is 12.2. The largest absolute Gasteiger partial charge is 0.457 e. The lowest BCUT2D eigenvalue weighted by Crippen LogP contribution is -2.20. The first-order chi connectivity index (χ1) is 12.6. The second-order valence-electron chi connectivity index (χ2n) is 5.35. The van der Waals surface area contributed by atoms with Gasteiger partial charge in [-0.1, -0.05) is 0 Å². The normalized spacial score (nSPS) is 11.7. The first kappa shape index (κ1) is 18.4. The highest BCUT2D eigenvalue weighted by Crippen LogP contribution is 2.26.